The molecule has 1 aliphatic rings. The van der Waals surface area contributed by atoms with Crippen molar-refractivity contribution in [3.8, 4) is 0 Å². The Bertz CT molecular complexity index is 536. The number of nitrogens with one attached hydrogen (secondary N) is 1. The maximum atomic E-state index is 4.32. The van der Waals surface area contributed by atoms with E-state index in [-0.39, 0.29) is 0 Å². The molecule has 0 spiro atoms. The zero-order valence-corrected chi connectivity index (χ0v) is 11.7. The van der Waals surface area contributed by atoms with Gasteiger partial charge in [-0.05, 0) is 37.1 Å². The van der Waals surface area contributed by atoms with Crippen molar-refractivity contribution in [2.24, 2.45) is 0 Å². The van der Waals surface area contributed by atoms with Crippen LogP contribution in [0.2, 0.25) is 0 Å². The summed E-state index contributed by atoms with van der Waals surface area (Å²) in [4.78, 5) is 6.37. The number of hydrogen-bond acceptors (Lipinski definition) is 5. The lowest BCUT2D eigenvalue weighted by Crippen LogP contribution is -2.20. The van der Waals surface area contributed by atoms with E-state index in [1.165, 1.54) is 12.8 Å². The molecule has 0 atom stereocenters. The number of rotatable bonds is 6. The smallest absolute Gasteiger partial charge is 0.151 e. The molecule has 0 bridgehead atoms. The molecular formula is C15H19N5. The second-order valence-corrected chi connectivity index (χ2v) is 5.22. The van der Waals surface area contributed by atoms with Crippen LogP contribution < -0.4 is 10.2 Å². The van der Waals surface area contributed by atoms with E-state index in [2.05, 4.69) is 20.5 Å². The van der Waals surface area contributed by atoms with Gasteiger partial charge in [-0.15, -0.1) is 5.10 Å². The summed E-state index contributed by atoms with van der Waals surface area (Å²) < 4.78 is 0. The van der Waals surface area contributed by atoms with E-state index < -0.39 is 0 Å². The lowest BCUT2D eigenvalue weighted by Gasteiger charge is -2.17. The Balaban J connectivity index is 1.58. The average molecular weight is 269 g/mol. The molecule has 2 heterocycles. The largest absolute Gasteiger partial charge is 0.352 e. The fraction of sp³-hybridized carbons (Fsp3) is 0.400. The fourth-order valence-corrected chi connectivity index (χ4v) is 2.00. The molecule has 0 unspecified atom stereocenters. The van der Waals surface area contributed by atoms with Gasteiger partial charge in [0.25, 0.3) is 0 Å². The summed E-state index contributed by atoms with van der Waals surface area (Å²) in [6, 6.07) is 10.7. The maximum Gasteiger partial charge on any atom is 0.151 e. The van der Waals surface area contributed by atoms with Crippen LogP contribution in [0.25, 0.3) is 0 Å². The molecule has 1 saturated carbocycles. The Hall–Kier alpha value is -2.01. The predicted octanol–water partition coefficient (Wildman–Crippen LogP) is 1.76. The first-order valence-corrected chi connectivity index (χ1v) is 6.98. The van der Waals surface area contributed by atoms with Crippen LogP contribution >= 0.6 is 0 Å². The minimum atomic E-state index is 0.698. The van der Waals surface area contributed by atoms with Crippen LogP contribution in [0.15, 0.2) is 36.5 Å². The summed E-state index contributed by atoms with van der Waals surface area (Å²) in [7, 11) is 2.00. The van der Waals surface area contributed by atoms with Crippen LogP contribution in [0, 0.1) is 0 Å². The molecule has 104 valence electrons. The summed E-state index contributed by atoms with van der Waals surface area (Å²) in [5.41, 5.74) is 2.02. The molecule has 0 radical (unpaired) electrons. The standard InChI is InChI=1S/C15H19N5/c1-20(11-14-4-2-3-9-16-14)15-8-7-13(18-19-15)10-17-12-5-6-12/h2-4,7-9,12,17H,5-6,10-11H2,1H3. The van der Waals surface area contributed by atoms with E-state index in [0.717, 1.165) is 30.3 Å². The van der Waals surface area contributed by atoms with Crippen molar-refractivity contribution in [3.05, 3.63) is 47.9 Å². The van der Waals surface area contributed by atoms with Crippen molar-refractivity contribution in [3.63, 3.8) is 0 Å². The molecule has 0 aliphatic heterocycles. The van der Waals surface area contributed by atoms with Gasteiger partial charge < -0.3 is 10.2 Å². The van der Waals surface area contributed by atoms with Crippen molar-refractivity contribution in [2.45, 2.75) is 32.0 Å². The molecule has 20 heavy (non-hydrogen) atoms. The first-order chi connectivity index (χ1) is 9.81. The normalized spacial score (nSPS) is 14.2. The molecule has 2 aromatic rings. The SMILES string of the molecule is CN(Cc1ccccn1)c1ccc(CNC2CC2)nn1. The van der Waals surface area contributed by atoms with Crippen molar-refractivity contribution in [2.75, 3.05) is 11.9 Å². The first kappa shape index (κ1) is 13.0. The predicted molar refractivity (Wildman–Crippen MR) is 78.2 cm³/mol. The molecule has 3 rings (SSSR count). The fourth-order valence-electron chi connectivity index (χ4n) is 2.00. The van der Waals surface area contributed by atoms with E-state index in [1.807, 2.05) is 48.5 Å². The van der Waals surface area contributed by atoms with Gasteiger partial charge >= 0.3 is 0 Å². The van der Waals surface area contributed by atoms with E-state index in [0.29, 0.717) is 6.04 Å². The van der Waals surface area contributed by atoms with Crippen molar-refractivity contribution in [1.29, 1.82) is 0 Å². The molecule has 0 aromatic carbocycles. The van der Waals surface area contributed by atoms with Crippen LogP contribution in [0.1, 0.15) is 24.2 Å². The third-order valence-electron chi connectivity index (χ3n) is 3.37. The highest BCUT2D eigenvalue weighted by atomic mass is 15.2. The van der Waals surface area contributed by atoms with Crippen LogP contribution in [0.3, 0.4) is 0 Å². The van der Waals surface area contributed by atoms with Gasteiger partial charge in [-0.2, -0.15) is 5.10 Å². The molecule has 0 saturated heterocycles. The molecule has 1 fully saturated rings. The number of pyridine rings is 1. The number of nitrogens with zero attached hydrogens (tertiary/aromatic N) is 4. The molecule has 0 amide bonds. The second kappa shape index (κ2) is 5.96. The number of anilines is 1. The summed E-state index contributed by atoms with van der Waals surface area (Å²) in [5, 5.41) is 12.0. The molecule has 1 N–H and O–H groups in total. The molecule has 2 aromatic heterocycles. The van der Waals surface area contributed by atoms with Crippen molar-refractivity contribution >= 4 is 5.82 Å². The monoisotopic (exact) mass is 269 g/mol. The average Bonchev–Trinajstić information content (AvgIpc) is 3.31. The minimum Gasteiger partial charge on any atom is -0.352 e. The Morgan fingerprint density at radius 2 is 2.05 bits per heavy atom. The topological polar surface area (TPSA) is 53.9 Å². The molecule has 5 heteroatoms. The number of aromatic nitrogens is 3. The van der Waals surface area contributed by atoms with Gasteiger partial charge in [-0.3, -0.25) is 4.98 Å². The van der Waals surface area contributed by atoms with E-state index in [9.17, 15) is 0 Å². The highest BCUT2D eigenvalue weighted by Gasteiger charge is 2.20. The van der Waals surface area contributed by atoms with E-state index in [1.54, 1.807) is 0 Å². The second-order valence-electron chi connectivity index (χ2n) is 5.22. The Kier molecular flexibility index (Phi) is 3.87. The third kappa shape index (κ3) is 3.51. The highest BCUT2D eigenvalue weighted by molar-refractivity contribution is 5.36. The van der Waals surface area contributed by atoms with Crippen LogP contribution in [-0.2, 0) is 13.1 Å². The van der Waals surface area contributed by atoms with Gasteiger partial charge in [-0.25, -0.2) is 0 Å². The number of hydrogen-bond donors (Lipinski definition) is 1. The van der Waals surface area contributed by atoms with Gasteiger partial charge in [0.2, 0.25) is 0 Å². The quantitative estimate of drug-likeness (QED) is 0.866. The van der Waals surface area contributed by atoms with Gasteiger partial charge in [0, 0.05) is 25.8 Å². The molecule has 5 nitrogen and oxygen atoms in total. The first-order valence-electron chi connectivity index (χ1n) is 6.98. The maximum absolute atomic E-state index is 4.32. The zero-order chi connectivity index (χ0) is 13.8. The minimum absolute atomic E-state index is 0.698. The summed E-state index contributed by atoms with van der Waals surface area (Å²) in [5.74, 6) is 0.867. The Morgan fingerprint density at radius 1 is 1.15 bits per heavy atom. The van der Waals surface area contributed by atoms with E-state index >= 15 is 0 Å². The zero-order valence-electron chi connectivity index (χ0n) is 11.7. The highest BCUT2D eigenvalue weighted by Crippen LogP contribution is 2.19. The lowest BCUT2D eigenvalue weighted by atomic mass is 10.3. The summed E-state index contributed by atoms with van der Waals surface area (Å²) >= 11 is 0. The summed E-state index contributed by atoms with van der Waals surface area (Å²) in [6.07, 6.45) is 4.39. The molecule has 1 aliphatic carbocycles. The van der Waals surface area contributed by atoms with Gasteiger partial charge in [0.05, 0.1) is 17.9 Å². The summed E-state index contributed by atoms with van der Waals surface area (Å²) in [6.45, 7) is 1.54. The van der Waals surface area contributed by atoms with Gasteiger partial charge in [-0.1, -0.05) is 6.07 Å². The van der Waals surface area contributed by atoms with Crippen LogP contribution in [0.4, 0.5) is 5.82 Å². The van der Waals surface area contributed by atoms with E-state index in [4.69, 9.17) is 0 Å². The third-order valence-corrected chi connectivity index (χ3v) is 3.37. The van der Waals surface area contributed by atoms with Gasteiger partial charge in [0.15, 0.2) is 5.82 Å². The van der Waals surface area contributed by atoms with Crippen LogP contribution in [0.5, 0.6) is 0 Å². The van der Waals surface area contributed by atoms with Crippen LogP contribution in [-0.4, -0.2) is 28.3 Å². The van der Waals surface area contributed by atoms with Gasteiger partial charge in [0.1, 0.15) is 0 Å². The van der Waals surface area contributed by atoms with Crippen molar-refractivity contribution < 1.29 is 0 Å². The Morgan fingerprint density at radius 3 is 2.70 bits per heavy atom. The Labute approximate surface area is 119 Å². The lowest BCUT2D eigenvalue weighted by molar-refractivity contribution is 0.664. The molecular weight excluding hydrogens is 250 g/mol. The van der Waals surface area contributed by atoms with Crippen molar-refractivity contribution in [1.82, 2.24) is 20.5 Å².